The minimum absolute atomic E-state index is 0.0106. The third-order valence-corrected chi connectivity index (χ3v) is 5.00. The van der Waals surface area contributed by atoms with Gasteiger partial charge in [-0.3, -0.25) is 9.79 Å². The van der Waals surface area contributed by atoms with Crippen molar-refractivity contribution in [3.8, 4) is 11.5 Å². The molecule has 2 aromatic carbocycles. The lowest BCUT2D eigenvalue weighted by Crippen LogP contribution is -2.43. The maximum atomic E-state index is 12.2. The van der Waals surface area contributed by atoms with Crippen LogP contribution >= 0.6 is 0 Å². The first-order valence-electron chi connectivity index (χ1n) is 10.2. The number of fused-ring (bicyclic) bond motifs is 1. The number of nitrogens with zero attached hydrogens (tertiary/aromatic N) is 3. The van der Waals surface area contributed by atoms with E-state index in [0.29, 0.717) is 26.2 Å². The number of ether oxygens (including phenoxy) is 2. The predicted octanol–water partition coefficient (Wildman–Crippen LogP) is 2.70. The Bertz CT molecular complexity index is 884. The summed E-state index contributed by atoms with van der Waals surface area (Å²) in [7, 11) is 3.75. The second kappa shape index (κ2) is 10.5. The van der Waals surface area contributed by atoms with E-state index in [4.69, 9.17) is 9.47 Å². The zero-order valence-electron chi connectivity index (χ0n) is 17.9. The second-order valence-electron chi connectivity index (χ2n) is 7.16. The van der Waals surface area contributed by atoms with E-state index in [1.165, 1.54) is 0 Å². The van der Waals surface area contributed by atoms with Gasteiger partial charge in [0.15, 0.2) is 12.6 Å². The minimum atomic E-state index is -0.0106. The third-order valence-electron chi connectivity index (χ3n) is 5.00. The van der Waals surface area contributed by atoms with Crippen LogP contribution in [0, 0.1) is 6.92 Å². The van der Waals surface area contributed by atoms with Gasteiger partial charge in [0.1, 0.15) is 18.1 Å². The van der Waals surface area contributed by atoms with Gasteiger partial charge < -0.3 is 24.6 Å². The molecule has 30 heavy (non-hydrogen) atoms. The molecule has 1 heterocycles. The minimum Gasteiger partial charge on any atom is -0.491 e. The first kappa shape index (κ1) is 21.5. The molecule has 2 aromatic rings. The Labute approximate surface area is 178 Å². The standard InChI is InChI=1S/C23H30N4O3/c1-18-9-4-6-11-20(18)29-16-15-26(3)23(24-2)25-13-8-14-27-19-10-5-7-12-21(19)30-17-22(27)28/h4-7,9-12H,8,13-17H2,1-3H3,(H,24,25). The van der Waals surface area contributed by atoms with E-state index in [1.54, 1.807) is 11.9 Å². The number of guanidine groups is 1. The molecule has 1 aliphatic rings. The molecule has 0 aromatic heterocycles. The highest BCUT2D eigenvalue weighted by Gasteiger charge is 2.24. The fraction of sp³-hybridized carbons (Fsp3) is 0.391. The number of hydrogen-bond donors (Lipinski definition) is 1. The molecule has 0 bridgehead atoms. The van der Waals surface area contributed by atoms with E-state index in [-0.39, 0.29) is 12.5 Å². The molecule has 0 fully saturated rings. The number of benzene rings is 2. The van der Waals surface area contributed by atoms with Crippen LogP contribution in [0.5, 0.6) is 11.5 Å². The Morgan fingerprint density at radius 3 is 2.80 bits per heavy atom. The summed E-state index contributed by atoms with van der Waals surface area (Å²) in [6.07, 6.45) is 0.798. The first-order valence-corrected chi connectivity index (χ1v) is 10.2. The molecule has 1 N–H and O–H groups in total. The van der Waals surface area contributed by atoms with E-state index < -0.39 is 0 Å². The van der Waals surface area contributed by atoms with Crippen molar-refractivity contribution in [3.05, 3.63) is 54.1 Å². The van der Waals surface area contributed by atoms with Crippen molar-refractivity contribution < 1.29 is 14.3 Å². The van der Waals surface area contributed by atoms with E-state index in [9.17, 15) is 4.79 Å². The van der Waals surface area contributed by atoms with Crippen molar-refractivity contribution in [2.45, 2.75) is 13.3 Å². The van der Waals surface area contributed by atoms with Crippen molar-refractivity contribution in [2.75, 3.05) is 51.8 Å². The number of carbonyl (C=O) groups is 1. The molecule has 0 radical (unpaired) electrons. The predicted molar refractivity (Wildman–Crippen MR) is 120 cm³/mol. The number of aliphatic imine (C=N–C) groups is 1. The van der Waals surface area contributed by atoms with Gasteiger partial charge in [-0.2, -0.15) is 0 Å². The van der Waals surface area contributed by atoms with E-state index >= 15 is 0 Å². The number of anilines is 1. The lowest BCUT2D eigenvalue weighted by molar-refractivity contribution is -0.121. The van der Waals surface area contributed by atoms with Crippen LogP contribution in [0.3, 0.4) is 0 Å². The fourth-order valence-electron chi connectivity index (χ4n) is 3.34. The maximum Gasteiger partial charge on any atom is 0.265 e. The average molecular weight is 411 g/mol. The zero-order valence-corrected chi connectivity index (χ0v) is 17.9. The number of para-hydroxylation sites is 3. The number of rotatable bonds is 8. The van der Waals surface area contributed by atoms with Gasteiger partial charge in [-0.1, -0.05) is 30.3 Å². The molecule has 7 nitrogen and oxygen atoms in total. The quantitative estimate of drug-likeness (QED) is 0.412. The fourth-order valence-corrected chi connectivity index (χ4v) is 3.34. The normalized spacial score (nSPS) is 13.5. The first-order chi connectivity index (χ1) is 14.6. The Balaban J connectivity index is 1.42. The summed E-state index contributed by atoms with van der Waals surface area (Å²) >= 11 is 0. The van der Waals surface area contributed by atoms with Crippen LogP contribution in [0.15, 0.2) is 53.5 Å². The van der Waals surface area contributed by atoms with Gasteiger partial charge in [-0.25, -0.2) is 0 Å². The molecule has 0 spiro atoms. The van der Waals surface area contributed by atoms with Gasteiger partial charge in [0, 0.05) is 27.2 Å². The monoisotopic (exact) mass is 410 g/mol. The summed E-state index contributed by atoms with van der Waals surface area (Å²) in [5, 5.41) is 3.36. The summed E-state index contributed by atoms with van der Waals surface area (Å²) in [5.41, 5.74) is 1.96. The second-order valence-corrected chi connectivity index (χ2v) is 7.16. The molecular weight excluding hydrogens is 380 g/mol. The molecule has 1 amide bonds. The van der Waals surface area contributed by atoms with E-state index in [2.05, 4.69) is 10.3 Å². The Hall–Kier alpha value is -3.22. The largest absolute Gasteiger partial charge is 0.491 e. The van der Waals surface area contributed by atoms with Crippen molar-refractivity contribution in [3.63, 3.8) is 0 Å². The number of hydrogen-bond acceptors (Lipinski definition) is 4. The van der Waals surface area contributed by atoms with Gasteiger partial charge in [0.05, 0.1) is 12.2 Å². The zero-order chi connectivity index (χ0) is 21.3. The average Bonchev–Trinajstić information content (AvgIpc) is 2.76. The molecule has 0 saturated carbocycles. The van der Waals surface area contributed by atoms with Crippen LogP contribution in [-0.2, 0) is 4.79 Å². The van der Waals surface area contributed by atoms with E-state index in [1.807, 2.05) is 67.4 Å². The smallest absolute Gasteiger partial charge is 0.265 e. The number of aryl methyl sites for hydroxylation is 1. The number of carbonyl (C=O) groups excluding carboxylic acids is 1. The van der Waals surface area contributed by atoms with Crippen LogP contribution in [-0.4, -0.2) is 63.7 Å². The van der Waals surface area contributed by atoms with Crippen molar-refractivity contribution in [1.29, 1.82) is 0 Å². The van der Waals surface area contributed by atoms with Crippen LogP contribution in [0.1, 0.15) is 12.0 Å². The molecule has 0 aliphatic carbocycles. The van der Waals surface area contributed by atoms with Crippen LogP contribution in [0.4, 0.5) is 5.69 Å². The summed E-state index contributed by atoms with van der Waals surface area (Å²) < 4.78 is 11.4. The molecular formula is C23H30N4O3. The highest BCUT2D eigenvalue weighted by Crippen LogP contribution is 2.31. The van der Waals surface area contributed by atoms with Crippen molar-refractivity contribution in [1.82, 2.24) is 10.2 Å². The molecule has 1 aliphatic heterocycles. The van der Waals surface area contributed by atoms with Gasteiger partial charge in [-0.05, 0) is 37.1 Å². The van der Waals surface area contributed by atoms with Crippen molar-refractivity contribution in [2.24, 2.45) is 4.99 Å². The number of likely N-dealkylation sites (N-methyl/N-ethyl adjacent to an activating group) is 1. The highest BCUT2D eigenvalue weighted by atomic mass is 16.5. The van der Waals surface area contributed by atoms with Crippen LogP contribution in [0.25, 0.3) is 0 Å². The number of amides is 1. The number of nitrogens with one attached hydrogen (secondary N) is 1. The third kappa shape index (κ3) is 5.43. The highest BCUT2D eigenvalue weighted by molar-refractivity contribution is 5.97. The molecule has 3 rings (SSSR count). The van der Waals surface area contributed by atoms with Gasteiger partial charge in [-0.15, -0.1) is 0 Å². The summed E-state index contributed by atoms with van der Waals surface area (Å²) in [5.74, 6) is 2.46. The summed E-state index contributed by atoms with van der Waals surface area (Å²) in [4.78, 5) is 20.4. The molecule has 160 valence electrons. The van der Waals surface area contributed by atoms with Gasteiger partial charge in [0.2, 0.25) is 0 Å². The topological polar surface area (TPSA) is 66.4 Å². The van der Waals surface area contributed by atoms with Gasteiger partial charge in [0.25, 0.3) is 5.91 Å². The van der Waals surface area contributed by atoms with E-state index in [0.717, 1.165) is 35.1 Å². The maximum absolute atomic E-state index is 12.2. The van der Waals surface area contributed by atoms with Crippen LogP contribution < -0.4 is 19.7 Å². The lowest BCUT2D eigenvalue weighted by atomic mass is 10.2. The Morgan fingerprint density at radius 2 is 2.00 bits per heavy atom. The lowest BCUT2D eigenvalue weighted by Gasteiger charge is -2.29. The van der Waals surface area contributed by atoms with Crippen LogP contribution in [0.2, 0.25) is 0 Å². The Kier molecular flexibility index (Phi) is 7.54. The molecule has 0 atom stereocenters. The summed E-state index contributed by atoms with van der Waals surface area (Å²) in [6.45, 7) is 4.75. The molecule has 0 unspecified atom stereocenters. The SMILES string of the molecule is CN=C(NCCCN1C(=O)COc2ccccc21)N(C)CCOc1ccccc1C. The molecule has 7 heteroatoms. The molecule has 0 saturated heterocycles. The van der Waals surface area contributed by atoms with Crippen molar-refractivity contribution >= 4 is 17.6 Å². The van der Waals surface area contributed by atoms with Gasteiger partial charge >= 0.3 is 0 Å². The Morgan fingerprint density at radius 1 is 1.23 bits per heavy atom. The summed E-state index contributed by atoms with van der Waals surface area (Å²) in [6, 6.07) is 15.6.